The van der Waals surface area contributed by atoms with Crippen LogP contribution in [0.3, 0.4) is 0 Å². The van der Waals surface area contributed by atoms with Crippen molar-refractivity contribution >= 4 is 22.6 Å². The van der Waals surface area contributed by atoms with E-state index in [1.54, 1.807) is 0 Å². The number of ether oxygens (including phenoxy) is 3. The normalized spacial score (nSPS) is 10.5. The Balaban J connectivity index is 1.95. The summed E-state index contributed by atoms with van der Waals surface area (Å²) < 4.78 is 17.0. The van der Waals surface area contributed by atoms with Gasteiger partial charge in [0.05, 0.1) is 33.0 Å². The minimum absolute atomic E-state index is 0.0515. The number of hydrogen-bond donors (Lipinski definition) is 1. The van der Waals surface area contributed by atoms with Crippen LogP contribution >= 0.6 is 22.6 Å². The van der Waals surface area contributed by atoms with Crippen LogP contribution in [0.4, 0.5) is 0 Å². The molecule has 5 heteroatoms. The Labute approximate surface area is 115 Å². The Bertz CT molecular complexity index is 289. The number of aliphatic hydroxyl groups excluding tert-OH is 1. The van der Waals surface area contributed by atoms with Crippen LogP contribution in [0, 0.1) is 3.57 Å². The van der Waals surface area contributed by atoms with Crippen LogP contribution in [-0.2, 0) is 9.47 Å². The molecule has 0 fully saturated rings. The van der Waals surface area contributed by atoms with Gasteiger partial charge in [0.2, 0.25) is 0 Å². The van der Waals surface area contributed by atoms with E-state index in [0.29, 0.717) is 33.0 Å². The standard InChI is InChI=1S/C12H17IO4/c13-11-1-3-12(4-2-11)17-10-9-16-8-7-15-6-5-14/h1-4,14H,5-10H2. The Morgan fingerprint density at radius 2 is 1.47 bits per heavy atom. The Kier molecular flexibility index (Phi) is 8.33. The van der Waals surface area contributed by atoms with Crippen molar-refractivity contribution in [3.05, 3.63) is 27.8 Å². The van der Waals surface area contributed by atoms with E-state index in [0.717, 1.165) is 5.75 Å². The summed E-state index contributed by atoms with van der Waals surface area (Å²) >= 11 is 2.25. The van der Waals surface area contributed by atoms with Gasteiger partial charge in [-0.15, -0.1) is 0 Å². The van der Waals surface area contributed by atoms with Crippen LogP contribution in [0.2, 0.25) is 0 Å². The summed E-state index contributed by atoms with van der Waals surface area (Å²) in [5.74, 6) is 0.852. The van der Waals surface area contributed by atoms with Crippen LogP contribution in [0.15, 0.2) is 24.3 Å². The molecule has 1 aromatic rings. The second kappa shape index (κ2) is 9.64. The summed E-state index contributed by atoms with van der Waals surface area (Å²) in [5.41, 5.74) is 0. The zero-order valence-electron chi connectivity index (χ0n) is 9.60. The minimum Gasteiger partial charge on any atom is -0.491 e. The molecule has 0 amide bonds. The summed E-state index contributed by atoms with van der Waals surface area (Å²) in [6.07, 6.45) is 0. The molecule has 0 heterocycles. The van der Waals surface area contributed by atoms with Crippen molar-refractivity contribution in [2.45, 2.75) is 0 Å². The molecule has 0 atom stereocenters. The number of halogens is 1. The molecule has 0 bridgehead atoms. The number of rotatable bonds is 9. The van der Waals surface area contributed by atoms with Gasteiger partial charge in [-0.2, -0.15) is 0 Å². The van der Waals surface area contributed by atoms with Crippen molar-refractivity contribution in [3.8, 4) is 5.75 Å². The Morgan fingerprint density at radius 1 is 0.882 bits per heavy atom. The molecule has 17 heavy (non-hydrogen) atoms. The van der Waals surface area contributed by atoms with Gasteiger partial charge in [0.1, 0.15) is 12.4 Å². The maximum Gasteiger partial charge on any atom is 0.119 e. The van der Waals surface area contributed by atoms with Gasteiger partial charge in [0.15, 0.2) is 0 Å². The Hall–Kier alpha value is -0.370. The fraction of sp³-hybridized carbons (Fsp3) is 0.500. The SMILES string of the molecule is OCCOCCOCCOc1ccc(I)cc1. The van der Waals surface area contributed by atoms with E-state index < -0.39 is 0 Å². The molecule has 0 aliphatic carbocycles. The zero-order valence-corrected chi connectivity index (χ0v) is 11.8. The van der Waals surface area contributed by atoms with Gasteiger partial charge in [-0.3, -0.25) is 0 Å². The highest BCUT2D eigenvalue weighted by atomic mass is 127. The van der Waals surface area contributed by atoms with Gasteiger partial charge in [-0.05, 0) is 46.9 Å². The average Bonchev–Trinajstić information content (AvgIpc) is 2.35. The summed E-state index contributed by atoms with van der Waals surface area (Å²) in [4.78, 5) is 0. The van der Waals surface area contributed by atoms with E-state index >= 15 is 0 Å². The number of benzene rings is 1. The first-order chi connectivity index (χ1) is 8.33. The van der Waals surface area contributed by atoms with E-state index in [2.05, 4.69) is 22.6 Å². The van der Waals surface area contributed by atoms with Gasteiger partial charge >= 0.3 is 0 Å². The predicted octanol–water partition coefficient (Wildman–Crippen LogP) is 1.70. The quantitative estimate of drug-likeness (QED) is 0.543. The molecule has 0 unspecified atom stereocenters. The topological polar surface area (TPSA) is 47.9 Å². The minimum atomic E-state index is 0.0515. The van der Waals surface area contributed by atoms with E-state index in [1.165, 1.54) is 3.57 Å². The molecule has 4 nitrogen and oxygen atoms in total. The third-order valence-electron chi connectivity index (χ3n) is 1.92. The fourth-order valence-electron chi connectivity index (χ4n) is 1.14. The lowest BCUT2D eigenvalue weighted by Gasteiger charge is -2.07. The zero-order chi connectivity index (χ0) is 12.3. The predicted molar refractivity (Wildman–Crippen MR) is 73.4 cm³/mol. The third-order valence-corrected chi connectivity index (χ3v) is 2.64. The van der Waals surface area contributed by atoms with Gasteiger partial charge in [-0.25, -0.2) is 0 Å². The molecule has 0 spiro atoms. The molecule has 0 saturated carbocycles. The second-order valence-electron chi connectivity index (χ2n) is 3.25. The summed E-state index contributed by atoms with van der Waals surface area (Å²) in [7, 11) is 0. The summed E-state index contributed by atoms with van der Waals surface area (Å²) in [6.45, 7) is 2.51. The molecular formula is C12H17IO4. The van der Waals surface area contributed by atoms with Crippen molar-refractivity contribution in [1.82, 2.24) is 0 Å². The highest BCUT2D eigenvalue weighted by Crippen LogP contribution is 2.13. The average molecular weight is 352 g/mol. The van der Waals surface area contributed by atoms with Crippen LogP contribution in [0.5, 0.6) is 5.75 Å². The second-order valence-corrected chi connectivity index (χ2v) is 4.50. The first kappa shape index (κ1) is 14.7. The number of hydrogen-bond acceptors (Lipinski definition) is 4. The Morgan fingerprint density at radius 3 is 2.12 bits per heavy atom. The molecular weight excluding hydrogens is 335 g/mol. The number of aliphatic hydroxyl groups is 1. The maximum absolute atomic E-state index is 8.47. The molecule has 1 rings (SSSR count). The summed E-state index contributed by atoms with van der Waals surface area (Å²) in [5, 5.41) is 8.47. The van der Waals surface area contributed by atoms with E-state index in [1.807, 2.05) is 24.3 Å². The van der Waals surface area contributed by atoms with E-state index in [9.17, 15) is 0 Å². The van der Waals surface area contributed by atoms with Crippen molar-refractivity contribution in [3.63, 3.8) is 0 Å². The smallest absolute Gasteiger partial charge is 0.119 e. The van der Waals surface area contributed by atoms with Crippen molar-refractivity contribution in [1.29, 1.82) is 0 Å². The lowest BCUT2D eigenvalue weighted by molar-refractivity contribution is 0.0247. The van der Waals surface area contributed by atoms with Crippen LogP contribution < -0.4 is 4.74 Å². The first-order valence-electron chi connectivity index (χ1n) is 5.47. The van der Waals surface area contributed by atoms with Crippen LogP contribution in [-0.4, -0.2) is 44.7 Å². The molecule has 1 aromatic carbocycles. The molecule has 0 aliphatic heterocycles. The third kappa shape index (κ3) is 7.54. The van der Waals surface area contributed by atoms with Crippen molar-refractivity contribution < 1.29 is 19.3 Å². The summed E-state index contributed by atoms with van der Waals surface area (Å²) in [6, 6.07) is 7.87. The van der Waals surface area contributed by atoms with Gasteiger partial charge in [0.25, 0.3) is 0 Å². The van der Waals surface area contributed by atoms with E-state index in [-0.39, 0.29) is 6.61 Å². The van der Waals surface area contributed by atoms with Crippen molar-refractivity contribution in [2.75, 3.05) is 39.6 Å². The van der Waals surface area contributed by atoms with Crippen molar-refractivity contribution in [2.24, 2.45) is 0 Å². The largest absolute Gasteiger partial charge is 0.491 e. The fourth-order valence-corrected chi connectivity index (χ4v) is 1.50. The highest BCUT2D eigenvalue weighted by molar-refractivity contribution is 14.1. The maximum atomic E-state index is 8.47. The molecule has 0 aromatic heterocycles. The monoisotopic (exact) mass is 352 g/mol. The van der Waals surface area contributed by atoms with Crippen LogP contribution in [0.1, 0.15) is 0 Å². The highest BCUT2D eigenvalue weighted by Gasteiger charge is 1.94. The lowest BCUT2D eigenvalue weighted by atomic mass is 10.3. The molecule has 0 radical (unpaired) electrons. The van der Waals surface area contributed by atoms with E-state index in [4.69, 9.17) is 19.3 Å². The molecule has 0 aliphatic rings. The van der Waals surface area contributed by atoms with Gasteiger partial charge in [0, 0.05) is 3.57 Å². The van der Waals surface area contributed by atoms with Gasteiger partial charge < -0.3 is 19.3 Å². The van der Waals surface area contributed by atoms with Crippen LogP contribution in [0.25, 0.3) is 0 Å². The molecule has 96 valence electrons. The van der Waals surface area contributed by atoms with Gasteiger partial charge in [-0.1, -0.05) is 0 Å². The first-order valence-corrected chi connectivity index (χ1v) is 6.55. The molecule has 1 N–H and O–H groups in total. The molecule has 0 saturated heterocycles. The lowest BCUT2D eigenvalue weighted by Crippen LogP contribution is -2.11.